The van der Waals surface area contributed by atoms with Gasteiger partial charge in [0.05, 0.1) is 0 Å². The van der Waals surface area contributed by atoms with Crippen molar-refractivity contribution in [3.05, 3.63) is 23.9 Å². The molecule has 0 aliphatic heterocycles. The molecule has 0 radical (unpaired) electrons. The average Bonchev–Trinajstić information content (AvgIpc) is 2.60. The lowest BCUT2D eigenvalue weighted by molar-refractivity contribution is -0.138. The lowest BCUT2D eigenvalue weighted by Gasteiger charge is -2.16. The van der Waals surface area contributed by atoms with Crippen molar-refractivity contribution < 1.29 is 9.90 Å². The van der Waals surface area contributed by atoms with E-state index in [0.717, 1.165) is 11.2 Å². The molecule has 0 saturated heterocycles. The Kier molecular flexibility index (Phi) is 2.82. The molecule has 1 N–H and O–H groups in total. The Labute approximate surface area is 103 Å². The van der Waals surface area contributed by atoms with E-state index in [2.05, 4.69) is 10.2 Å². The van der Waals surface area contributed by atoms with Crippen LogP contribution in [0.3, 0.4) is 0 Å². The molecule has 0 bridgehead atoms. The Morgan fingerprint density at radius 2 is 2.18 bits per heavy atom. The number of nitrogens with zero attached hydrogens (tertiary/aromatic N) is 3. The second kappa shape index (κ2) is 4.03. The van der Waals surface area contributed by atoms with Crippen LogP contribution in [0.4, 0.5) is 0 Å². The third kappa shape index (κ3) is 2.26. The van der Waals surface area contributed by atoms with Crippen LogP contribution in [-0.2, 0) is 4.79 Å². The van der Waals surface area contributed by atoms with Crippen molar-refractivity contribution in [1.29, 1.82) is 0 Å². The van der Waals surface area contributed by atoms with Crippen LogP contribution in [0.1, 0.15) is 19.4 Å². The fourth-order valence-electron chi connectivity index (χ4n) is 1.31. The molecule has 0 atom stereocenters. The van der Waals surface area contributed by atoms with Gasteiger partial charge >= 0.3 is 5.97 Å². The summed E-state index contributed by atoms with van der Waals surface area (Å²) in [5, 5.41) is 17.7. The molecule has 90 valence electrons. The predicted molar refractivity (Wildman–Crippen MR) is 65.3 cm³/mol. The second-order valence-electron chi connectivity index (χ2n) is 4.33. The first kappa shape index (κ1) is 11.9. The van der Waals surface area contributed by atoms with Crippen molar-refractivity contribution >= 4 is 23.4 Å². The van der Waals surface area contributed by atoms with Crippen LogP contribution in [0, 0.1) is 6.92 Å². The van der Waals surface area contributed by atoms with Crippen molar-refractivity contribution in [3.8, 4) is 0 Å². The van der Waals surface area contributed by atoms with Gasteiger partial charge < -0.3 is 5.11 Å². The van der Waals surface area contributed by atoms with E-state index in [1.165, 1.54) is 11.8 Å². The molecule has 2 aromatic rings. The van der Waals surface area contributed by atoms with E-state index >= 15 is 0 Å². The molecule has 0 amide bonds. The Hall–Kier alpha value is -1.56. The molecule has 2 heterocycles. The molecule has 0 spiro atoms. The third-order valence-corrected chi connectivity index (χ3v) is 3.54. The highest BCUT2D eigenvalue weighted by atomic mass is 32.2. The number of rotatable bonds is 3. The molecule has 0 aliphatic rings. The maximum atomic E-state index is 11.1. The number of aryl methyl sites for hydroxylation is 1. The van der Waals surface area contributed by atoms with Gasteiger partial charge in [0.25, 0.3) is 0 Å². The second-order valence-corrected chi connectivity index (χ2v) is 5.92. The van der Waals surface area contributed by atoms with Gasteiger partial charge in [-0.1, -0.05) is 11.8 Å². The molecule has 5 nitrogen and oxygen atoms in total. The smallest absolute Gasteiger partial charge is 0.319 e. The SMILES string of the molecule is Cc1ccn2c(SC(C)(C)C(=O)O)nnc2c1. The summed E-state index contributed by atoms with van der Waals surface area (Å²) in [6.45, 7) is 5.27. The van der Waals surface area contributed by atoms with Gasteiger partial charge in [-0.25, -0.2) is 0 Å². The van der Waals surface area contributed by atoms with Crippen LogP contribution >= 0.6 is 11.8 Å². The van der Waals surface area contributed by atoms with Gasteiger partial charge in [-0.2, -0.15) is 0 Å². The normalized spacial score (nSPS) is 11.9. The summed E-state index contributed by atoms with van der Waals surface area (Å²) < 4.78 is 0.871. The highest BCUT2D eigenvalue weighted by Gasteiger charge is 2.30. The third-order valence-electron chi connectivity index (χ3n) is 2.40. The first-order valence-electron chi connectivity index (χ1n) is 5.14. The highest BCUT2D eigenvalue weighted by Crippen LogP contribution is 2.31. The lowest BCUT2D eigenvalue weighted by Crippen LogP contribution is -2.27. The lowest BCUT2D eigenvalue weighted by atomic mass is 10.2. The van der Waals surface area contributed by atoms with Crippen molar-refractivity contribution in [1.82, 2.24) is 14.6 Å². The van der Waals surface area contributed by atoms with Crippen LogP contribution in [0.2, 0.25) is 0 Å². The summed E-state index contributed by atoms with van der Waals surface area (Å²) in [4.78, 5) is 11.1. The maximum absolute atomic E-state index is 11.1. The van der Waals surface area contributed by atoms with Gasteiger partial charge in [-0.15, -0.1) is 10.2 Å². The standard InChI is InChI=1S/C11H13N3O2S/c1-7-4-5-14-8(6-7)12-13-10(14)17-11(2,3)9(15)16/h4-6H,1-3H3,(H,15,16). The minimum absolute atomic E-state index is 0.590. The van der Waals surface area contributed by atoms with Gasteiger partial charge in [0.2, 0.25) is 0 Å². The quantitative estimate of drug-likeness (QED) is 0.845. The molecular formula is C11H13N3O2S. The Bertz CT molecular complexity index is 577. The van der Waals surface area contributed by atoms with Gasteiger partial charge in [-0.3, -0.25) is 9.20 Å². The van der Waals surface area contributed by atoms with Gasteiger partial charge in [0, 0.05) is 6.20 Å². The zero-order valence-electron chi connectivity index (χ0n) is 9.84. The van der Waals surface area contributed by atoms with E-state index in [0.29, 0.717) is 5.16 Å². The zero-order valence-corrected chi connectivity index (χ0v) is 10.7. The summed E-state index contributed by atoms with van der Waals surface area (Å²) in [7, 11) is 0. The first-order valence-corrected chi connectivity index (χ1v) is 5.95. The number of carboxylic acids is 1. The number of hydrogen-bond acceptors (Lipinski definition) is 4. The molecule has 17 heavy (non-hydrogen) atoms. The number of carbonyl (C=O) groups is 1. The molecule has 6 heteroatoms. The van der Waals surface area contributed by atoms with E-state index in [1.807, 2.05) is 25.3 Å². The summed E-state index contributed by atoms with van der Waals surface area (Å²) >= 11 is 1.19. The van der Waals surface area contributed by atoms with Crippen LogP contribution in [0.5, 0.6) is 0 Å². The number of aliphatic carboxylic acids is 1. The number of hydrogen-bond donors (Lipinski definition) is 1. The van der Waals surface area contributed by atoms with Crippen LogP contribution < -0.4 is 0 Å². The number of fused-ring (bicyclic) bond motifs is 1. The molecule has 2 rings (SSSR count). The summed E-state index contributed by atoms with van der Waals surface area (Å²) in [6.07, 6.45) is 1.85. The maximum Gasteiger partial charge on any atom is 0.319 e. The summed E-state index contributed by atoms with van der Waals surface area (Å²) in [6, 6.07) is 3.85. The molecule has 0 aliphatic carbocycles. The number of thioether (sulfide) groups is 1. The topological polar surface area (TPSA) is 67.5 Å². The van der Waals surface area contributed by atoms with E-state index in [-0.39, 0.29) is 0 Å². The molecule has 0 fully saturated rings. The van der Waals surface area contributed by atoms with Crippen LogP contribution in [-0.4, -0.2) is 30.4 Å². The Morgan fingerprint density at radius 3 is 2.82 bits per heavy atom. The molecule has 0 aromatic carbocycles. The molecule has 0 saturated carbocycles. The fourth-order valence-corrected chi connectivity index (χ4v) is 2.19. The van der Waals surface area contributed by atoms with Crippen molar-refractivity contribution in [2.45, 2.75) is 30.7 Å². The number of carboxylic acid groups (broad SMARTS) is 1. The van der Waals surface area contributed by atoms with Crippen LogP contribution in [0.25, 0.3) is 5.65 Å². The zero-order chi connectivity index (χ0) is 12.6. The molecule has 0 unspecified atom stereocenters. The van der Waals surface area contributed by atoms with Crippen molar-refractivity contribution in [2.24, 2.45) is 0 Å². The predicted octanol–water partition coefficient (Wildman–Crippen LogP) is 1.99. The Balaban J connectivity index is 2.41. The van der Waals surface area contributed by atoms with Crippen LogP contribution in [0.15, 0.2) is 23.5 Å². The molecule has 2 aromatic heterocycles. The summed E-state index contributed by atoms with van der Waals surface area (Å²) in [5.41, 5.74) is 1.83. The largest absolute Gasteiger partial charge is 0.480 e. The average molecular weight is 251 g/mol. The number of aromatic nitrogens is 3. The van der Waals surface area contributed by atoms with Gasteiger partial charge in [0.15, 0.2) is 10.8 Å². The number of pyridine rings is 1. The van der Waals surface area contributed by atoms with E-state index in [4.69, 9.17) is 5.11 Å². The Morgan fingerprint density at radius 1 is 1.47 bits per heavy atom. The first-order chi connectivity index (χ1) is 7.90. The van der Waals surface area contributed by atoms with Crippen molar-refractivity contribution in [2.75, 3.05) is 0 Å². The minimum Gasteiger partial charge on any atom is -0.480 e. The van der Waals surface area contributed by atoms with E-state index in [9.17, 15) is 4.79 Å². The van der Waals surface area contributed by atoms with E-state index in [1.54, 1.807) is 18.2 Å². The van der Waals surface area contributed by atoms with Gasteiger partial charge in [-0.05, 0) is 38.5 Å². The van der Waals surface area contributed by atoms with Gasteiger partial charge in [0.1, 0.15) is 4.75 Å². The van der Waals surface area contributed by atoms with E-state index < -0.39 is 10.7 Å². The molecular weight excluding hydrogens is 238 g/mol. The minimum atomic E-state index is -0.923. The summed E-state index contributed by atoms with van der Waals surface area (Å²) in [5.74, 6) is -0.869. The van der Waals surface area contributed by atoms with Crippen molar-refractivity contribution in [3.63, 3.8) is 0 Å². The fraction of sp³-hybridized carbons (Fsp3) is 0.364. The monoisotopic (exact) mass is 251 g/mol. The highest BCUT2D eigenvalue weighted by molar-refractivity contribution is 8.01.